The summed E-state index contributed by atoms with van der Waals surface area (Å²) in [7, 11) is 0. The largest absolute Gasteiger partial charge is 0.492 e. The van der Waals surface area contributed by atoms with E-state index in [2.05, 4.69) is 10.1 Å². The predicted octanol–water partition coefficient (Wildman–Crippen LogP) is 7.08. The van der Waals surface area contributed by atoms with E-state index < -0.39 is 29.0 Å². The molecule has 1 amide bonds. The van der Waals surface area contributed by atoms with Crippen molar-refractivity contribution < 1.29 is 32.7 Å². The Labute approximate surface area is 243 Å². The molecule has 1 fully saturated rings. The Hall–Kier alpha value is -3.60. The lowest BCUT2D eigenvalue weighted by Gasteiger charge is -2.51. The van der Waals surface area contributed by atoms with Gasteiger partial charge in [-0.25, -0.2) is 4.79 Å². The van der Waals surface area contributed by atoms with Gasteiger partial charge in [-0.05, 0) is 68.1 Å². The van der Waals surface area contributed by atoms with Crippen LogP contribution in [0.1, 0.15) is 53.7 Å². The summed E-state index contributed by atoms with van der Waals surface area (Å²) >= 11 is 6.38. The fourth-order valence-corrected chi connectivity index (χ4v) is 5.21. The number of halogens is 1. The van der Waals surface area contributed by atoms with E-state index in [4.69, 9.17) is 45.2 Å². The van der Waals surface area contributed by atoms with Crippen LogP contribution in [0.25, 0.3) is 33.8 Å². The van der Waals surface area contributed by atoms with E-state index in [1.54, 1.807) is 24.3 Å². The lowest BCUT2D eigenvalue weighted by molar-refractivity contribution is -0.356. The maximum atomic E-state index is 12.1. The highest BCUT2D eigenvalue weighted by molar-refractivity contribution is 6.32. The van der Waals surface area contributed by atoms with E-state index in [0.29, 0.717) is 51.6 Å². The molecule has 0 aliphatic carbocycles. The fraction of sp³-hybridized carbons (Fsp3) is 0.433. The molecule has 3 heterocycles. The number of nitrogens with two attached hydrogens (primary N) is 1. The summed E-state index contributed by atoms with van der Waals surface area (Å²) in [4.78, 5) is 16.7. The molecule has 11 heteroatoms. The van der Waals surface area contributed by atoms with Crippen molar-refractivity contribution in [2.24, 2.45) is 11.1 Å². The number of nitrogens with zero attached hydrogens (tertiary/aromatic N) is 2. The molecule has 2 aromatic carbocycles. The normalized spacial score (nSPS) is 20.7. The van der Waals surface area contributed by atoms with Crippen molar-refractivity contribution in [2.75, 3.05) is 13.2 Å². The molecule has 41 heavy (non-hydrogen) atoms. The molecule has 1 saturated heterocycles. The third-order valence-corrected chi connectivity index (χ3v) is 7.08. The van der Waals surface area contributed by atoms with Gasteiger partial charge in [0.2, 0.25) is 11.4 Å². The first kappa shape index (κ1) is 28.9. The highest BCUT2D eigenvalue weighted by atomic mass is 35.5. The van der Waals surface area contributed by atoms with Crippen LogP contribution in [0.3, 0.4) is 0 Å². The zero-order chi connectivity index (χ0) is 29.6. The number of hydrogen-bond donors (Lipinski definition) is 1. The number of furan rings is 1. The highest BCUT2D eigenvalue weighted by Crippen LogP contribution is 2.48. The standard InChI is InChI=1S/C30H34ClN3O7/c1-7-12-36-22-11-9-18(14-20(22)31)25-33-24(34-41-25)17-8-10-21-19(13-17)15-23(38-21)30(40-27(32)35)16-37-29(5,6)39-26(30)28(2,3)4/h8-11,13-15,26H,7,12,16H2,1-6H3,(H2,32,35). The highest BCUT2D eigenvalue weighted by Gasteiger charge is 2.58. The van der Waals surface area contributed by atoms with Crippen LogP contribution >= 0.6 is 11.6 Å². The number of ether oxygens (including phenoxy) is 4. The zero-order valence-corrected chi connectivity index (χ0v) is 24.7. The van der Waals surface area contributed by atoms with Gasteiger partial charge < -0.3 is 33.6 Å². The van der Waals surface area contributed by atoms with Gasteiger partial charge in [-0.15, -0.1) is 0 Å². The van der Waals surface area contributed by atoms with Gasteiger partial charge in [0.15, 0.2) is 11.5 Å². The third kappa shape index (κ3) is 5.77. The molecule has 1 aliphatic heterocycles. The average molecular weight is 584 g/mol. The minimum atomic E-state index is -1.41. The van der Waals surface area contributed by atoms with Crippen molar-refractivity contribution in [1.29, 1.82) is 0 Å². The number of hydrogen-bond acceptors (Lipinski definition) is 9. The first-order valence-electron chi connectivity index (χ1n) is 13.4. The quantitative estimate of drug-likeness (QED) is 0.242. The average Bonchev–Trinajstić information content (AvgIpc) is 3.56. The summed E-state index contributed by atoms with van der Waals surface area (Å²) in [6.07, 6.45) is -0.711. The Morgan fingerprint density at radius 3 is 2.59 bits per heavy atom. The maximum absolute atomic E-state index is 12.1. The first-order chi connectivity index (χ1) is 19.3. The molecule has 2 N–H and O–H groups in total. The number of carbonyl (C=O) groups excluding carboxylic acids is 1. The fourth-order valence-electron chi connectivity index (χ4n) is 4.97. The number of amides is 1. The number of benzene rings is 2. The minimum Gasteiger partial charge on any atom is -0.492 e. The molecule has 0 radical (unpaired) electrons. The van der Waals surface area contributed by atoms with Crippen LogP contribution in [0.15, 0.2) is 51.4 Å². The van der Waals surface area contributed by atoms with E-state index in [9.17, 15) is 4.79 Å². The number of fused-ring (bicyclic) bond motifs is 1. The molecule has 2 atom stereocenters. The summed E-state index contributed by atoms with van der Waals surface area (Å²) in [5.74, 6) is 0.757. The van der Waals surface area contributed by atoms with Crippen LogP contribution in [0.2, 0.25) is 5.02 Å². The molecular formula is C30H34ClN3O7. The molecule has 10 nitrogen and oxygen atoms in total. The van der Waals surface area contributed by atoms with Crippen LogP contribution < -0.4 is 10.5 Å². The molecule has 0 bridgehead atoms. The number of rotatable bonds is 7. The molecule has 0 spiro atoms. The molecule has 2 aromatic heterocycles. The van der Waals surface area contributed by atoms with Crippen molar-refractivity contribution in [3.63, 3.8) is 0 Å². The Morgan fingerprint density at radius 1 is 1.15 bits per heavy atom. The SMILES string of the molecule is CCCOc1ccc(-c2nc(-c3ccc4oc(C5(OC(N)=O)COC(C)(C)OC5C(C)(C)C)cc4c3)no2)cc1Cl. The second kappa shape index (κ2) is 10.7. The van der Waals surface area contributed by atoms with Gasteiger partial charge in [-0.3, -0.25) is 0 Å². The second-order valence-electron chi connectivity index (χ2n) is 11.6. The van der Waals surface area contributed by atoms with E-state index in [1.165, 1.54) is 0 Å². The molecule has 2 unspecified atom stereocenters. The summed E-state index contributed by atoms with van der Waals surface area (Å²) in [5, 5.41) is 5.36. The molecule has 218 valence electrons. The summed E-state index contributed by atoms with van der Waals surface area (Å²) in [6, 6.07) is 12.6. The third-order valence-electron chi connectivity index (χ3n) is 6.79. The van der Waals surface area contributed by atoms with Crippen molar-refractivity contribution in [2.45, 2.75) is 65.5 Å². The number of primary amides is 1. The molecule has 4 aromatic rings. The first-order valence-corrected chi connectivity index (χ1v) is 13.8. The maximum Gasteiger partial charge on any atom is 0.405 e. The summed E-state index contributed by atoms with van der Waals surface area (Å²) in [6.45, 7) is 12.2. The lowest BCUT2D eigenvalue weighted by atomic mass is 9.76. The Balaban J connectivity index is 1.49. The minimum absolute atomic E-state index is 0.00338. The van der Waals surface area contributed by atoms with E-state index in [1.807, 2.05) is 59.7 Å². The van der Waals surface area contributed by atoms with Gasteiger partial charge in [0.1, 0.15) is 24.0 Å². The van der Waals surface area contributed by atoms with Gasteiger partial charge >= 0.3 is 6.09 Å². The van der Waals surface area contributed by atoms with Crippen molar-refractivity contribution in [1.82, 2.24) is 10.1 Å². The zero-order valence-electron chi connectivity index (χ0n) is 23.9. The van der Waals surface area contributed by atoms with Gasteiger partial charge in [0.25, 0.3) is 5.89 Å². The molecule has 0 saturated carbocycles. The van der Waals surface area contributed by atoms with Crippen LogP contribution in [0, 0.1) is 5.41 Å². The van der Waals surface area contributed by atoms with Crippen molar-refractivity contribution in [3.05, 3.63) is 53.2 Å². The van der Waals surface area contributed by atoms with Crippen LogP contribution in [-0.4, -0.2) is 41.3 Å². The smallest absolute Gasteiger partial charge is 0.405 e. The van der Waals surface area contributed by atoms with Crippen LogP contribution in [0.4, 0.5) is 4.79 Å². The van der Waals surface area contributed by atoms with E-state index in [-0.39, 0.29) is 6.61 Å². The predicted molar refractivity (Wildman–Crippen MR) is 152 cm³/mol. The van der Waals surface area contributed by atoms with E-state index in [0.717, 1.165) is 11.8 Å². The molecule has 1 aliphatic rings. The van der Waals surface area contributed by atoms with Gasteiger partial charge in [-0.1, -0.05) is 44.5 Å². The Bertz CT molecular complexity index is 1570. The number of aromatic nitrogens is 2. The topological polar surface area (TPSA) is 132 Å². The molecular weight excluding hydrogens is 550 g/mol. The molecule has 5 rings (SSSR count). The van der Waals surface area contributed by atoms with Crippen LogP contribution in [0.5, 0.6) is 5.75 Å². The monoisotopic (exact) mass is 583 g/mol. The number of carbonyl (C=O) groups is 1. The van der Waals surface area contributed by atoms with Crippen molar-refractivity contribution in [3.8, 4) is 28.6 Å². The lowest BCUT2D eigenvalue weighted by Crippen LogP contribution is -2.62. The second-order valence-corrected chi connectivity index (χ2v) is 12.1. The van der Waals surface area contributed by atoms with Crippen LogP contribution in [-0.2, 0) is 19.8 Å². The van der Waals surface area contributed by atoms with Gasteiger partial charge in [-0.2, -0.15) is 4.98 Å². The van der Waals surface area contributed by atoms with Gasteiger partial charge in [0.05, 0.1) is 11.6 Å². The summed E-state index contributed by atoms with van der Waals surface area (Å²) < 4.78 is 35.5. The summed E-state index contributed by atoms with van der Waals surface area (Å²) in [5.41, 5.74) is 5.60. The Kier molecular flexibility index (Phi) is 7.52. The van der Waals surface area contributed by atoms with Gasteiger partial charge in [0, 0.05) is 16.5 Å². The Morgan fingerprint density at radius 2 is 1.90 bits per heavy atom. The van der Waals surface area contributed by atoms with E-state index >= 15 is 0 Å². The van der Waals surface area contributed by atoms with Crippen molar-refractivity contribution >= 4 is 28.7 Å².